The maximum absolute atomic E-state index is 5.66. The highest BCUT2D eigenvalue weighted by atomic mass is 35.5. The topological polar surface area (TPSA) is 21.3 Å². The number of hydrogen-bond acceptors (Lipinski definition) is 4. The molecule has 0 fully saturated rings. The molecule has 0 saturated heterocycles. The van der Waals surface area contributed by atoms with Crippen LogP contribution in [0.3, 0.4) is 0 Å². The second-order valence-corrected chi connectivity index (χ2v) is 8.48. The summed E-state index contributed by atoms with van der Waals surface area (Å²) in [5.74, 6) is 0.946. The first-order chi connectivity index (χ1) is 9.56. The standard InChI is InChI=1S/C15H18NOS3.ClH/c1-5-17-9-6-7-11-10(8-9)12-13(15(2,3)16-11)19-20-14(12)18-4;/h6-8,16H,5H2,1-4H3;1H/q+1;/p-1. The van der Waals surface area contributed by atoms with Gasteiger partial charge in [0.05, 0.1) is 17.7 Å². The number of hydrogen-bond donors (Lipinski definition) is 1. The summed E-state index contributed by atoms with van der Waals surface area (Å²) in [5, 5.41) is 3.65. The van der Waals surface area contributed by atoms with Crippen LogP contribution in [-0.4, -0.2) is 12.9 Å². The Morgan fingerprint density at radius 3 is 2.81 bits per heavy atom. The van der Waals surface area contributed by atoms with Crippen molar-refractivity contribution < 1.29 is 17.1 Å². The second kappa shape index (κ2) is 6.32. The number of benzene rings is 1. The Kier molecular flexibility index (Phi) is 5.08. The van der Waals surface area contributed by atoms with Gasteiger partial charge in [0.25, 0.3) is 4.21 Å². The molecule has 0 aliphatic carbocycles. The average Bonchev–Trinajstić information content (AvgIpc) is 2.85. The number of anilines is 1. The van der Waals surface area contributed by atoms with Gasteiger partial charge in [0.15, 0.2) is 10.3 Å². The Bertz CT molecular complexity index is 654. The molecule has 0 bridgehead atoms. The summed E-state index contributed by atoms with van der Waals surface area (Å²) in [4.78, 5) is 1.42. The van der Waals surface area contributed by atoms with Gasteiger partial charge in [-0.25, -0.2) is 0 Å². The molecular formula is C15H18ClNOS3. The Balaban J connectivity index is 0.00000161. The van der Waals surface area contributed by atoms with Gasteiger partial charge < -0.3 is 22.5 Å². The van der Waals surface area contributed by atoms with Gasteiger partial charge in [0.1, 0.15) is 10.6 Å². The summed E-state index contributed by atoms with van der Waals surface area (Å²) in [6, 6.07) is 6.35. The van der Waals surface area contributed by atoms with Crippen molar-refractivity contribution in [2.75, 3.05) is 18.2 Å². The van der Waals surface area contributed by atoms with Gasteiger partial charge in [0.2, 0.25) is 0 Å². The predicted molar refractivity (Wildman–Crippen MR) is 91.6 cm³/mol. The molecule has 3 rings (SSSR count). The zero-order valence-electron chi connectivity index (χ0n) is 12.5. The molecular weight excluding hydrogens is 342 g/mol. The molecule has 1 aliphatic rings. The zero-order valence-corrected chi connectivity index (χ0v) is 15.7. The third-order valence-corrected chi connectivity index (χ3v) is 7.61. The average molecular weight is 360 g/mol. The van der Waals surface area contributed by atoms with Crippen molar-refractivity contribution >= 4 is 38.1 Å². The monoisotopic (exact) mass is 359 g/mol. The summed E-state index contributed by atoms with van der Waals surface area (Å²) < 4.78 is 7.06. The van der Waals surface area contributed by atoms with E-state index in [0.29, 0.717) is 6.61 Å². The van der Waals surface area contributed by atoms with E-state index in [1.807, 2.05) is 45.4 Å². The lowest BCUT2D eigenvalue weighted by atomic mass is 9.90. The summed E-state index contributed by atoms with van der Waals surface area (Å²) in [7, 11) is 3.76. The number of ether oxygens (including phenoxy) is 1. The molecule has 0 saturated carbocycles. The van der Waals surface area contributed by atoms with Crippen molar-refractivity contribution in [3.05, 3.63) is 23.1 Å². The van der Waals surface area contributed by atoms with E-state index < -0.39 is 0 Å². The molecule has 1 aliphatic heterocycles. The van der Waals surface area contributed by atoms with Crippen molar-refractivity contribution in [3.8, 4) is 16.9 Å². The number of halogens is 1. The fourth-order valence-corrected chi connectivity index (χ4v) is 6.88. The molecule has 2 nitrogen and oxygen atoms in total. The molecule has 2 aromatic rings. The highest BCUT2D eigenvalue weighted by Crippen LogP contribution is 2.53. The first-order valence-electron chi connectivity index (χ1n) is 6.63. The van der Waals surface area contributed by atoms with Crippen LogP contribution < -0.4 is 22.5 Å². The van der Waals surface area contributed by atoms with Crippen LogP contribution in [0.2, 0.25) is 0 Å². The van der Waals surface area contributed by atoms with Crippen LogP contribution in [0.4, 0.5) is 5.69 Å². The van der Waals surface area contributed by atoms with Gasteiger partial charge in [-0.2, -0.15) is 0 Å². The molecule has 0 radical (unpaired) electrons. The molecule has 21 heavy (non-hydrogen) atoms. The van der Waals surface area contributed by atoms with E-state index >= 15 is 0 Å². The molecule has 1 aromatic carbocycles. The third-order valence-electron chi connectivity index (χ3n) is 3.40. The smallest absolute Gasteiger partial charge is 0.308 e. The quantitative estimate of drug-likeness (QED) is 0.517. The van der Waals surface area contributed by atoms with Gasteiger partial charge in [-0.05, 0) is 45.2 Å². The number of thioether (sulfide) groups is 1. The molecule has 6 heteroatoms. The summed E-state index contributed by atoms with van der Waals surface area (Å²) in [5.41, 5.74) is 3.86. The lowest BCUT2D eigenvalue weighted by Gasteiger charge is -2.32. The Hall–Kier alpha value is -0.490. The first kappa shape index (κ1) is 16.9. The zero-order chi connectivity index (χ0) is 14.3. The molecule has 114 valence electrons. The minimum Gasteiger partial charge on any atom is -1.00 e. The maximum atomic E-state index is 5.66. The SMILES string of the molecule is CCOc1ccc2c(c1)-c1c(s[s+]c1SC)C(C)(C)N2.[Cl-]. The minimum atomic E-state index is -0.00932. The van der Waals surface area contributed by atoms with Crippen molar-refractivity contribution in [3.63, 3.8) is 0 Å². The highest BCUT2D eigenvalue weighted by molar-refractivity contribution is 8.02. The summed E-state index contributed by atoms with van der Waals surface area (Å²) in [6.07, 6.45) is 2.15. The summed E-state index contributed by atoms with van der Waals surface area (Å²) >= 11 is 1.83. The fraction of sp³-hybridized carbons (Fsp3) is 0.400. The van der Waals surface area contributed by atoms with E-state index in [4.69, 9.17) is 4.74 Å². The second-order valence-electron chi connectivity index (χ2n) is 5.25. The van der Waals surface area contributed by atoms with Crippen molar-refractivity contribution in [2.24, 2.45) is 0 Å². The van der Waals surface area contributed by atoms with Crippen LogP contribution in [0.25, 0.3) is 11.1 Å². The lowest BCUT2D eigenvalue weighted by Crippen LogP contribution is -3.00. The molecule has 0 atom stereocenters. The van der Waals surface area contributed by atoms with Crippen LogP contribution in [-0.2, 0) is 5.54 Å². The third kappa shape index (κ3) is 2.89. The number of rotatable bonds is 3. The van der Waals surface area contributed by atoms with E-state index in [9.17, 15) is 0 Å². The summed E-state index contributed by atoms with van der Waals surface area (Å²) in [6.45, 7) is 7.22. The normalized spacial score (nSPS) is 14.5. The fourth-order valence-electron chi connectivity index (χ4n) is 2.53. The van der Waals surface area contributed by atoms with Gasteiger partial charge in [-0.3, -0.25) is 0 Å². The maximum Gasteiger partial charge on any atom is 0.308 e. The number of nitrogens with one attached hydrogen (secondary N) is 1. The highest BCUT2D eigenvalue weighted by Gasteiger charge is 2.39. The molecule has 1 N–H and O–H groups in total. The van der Waals surface area contributed by atoms with Crippen LogP contribution in [0, 0.1) is 0 Å². The van der Waals surface area contributed by atoms with Gasteiger partial charge >= 0.3 is 10.3 Å². The Morgan fingerprint density at radius 1 is 1.38 bits per heavy atom. The lowest BCUT2D eigenvalue weighted by molar-refractivity contribution is -0.00000475. The predicted octanol–water partition coefficient (Wildman–Crippen LogP) is 2.54. The van der Waals surface area contributed by atoms with E-state index in [-0.39, 0.29) is 17.9 Å². The van der Waals surface area contributed by atoms with E-state index in [0.717, 1.165) is 5.75 Å². The molecule has 0 amide bonds. The largest absolute Gasteiger partial charge is 1.00 e. The van der Waals surface area contributed by atoms with Crippen LogP contribution >= 0.6 is 32.4 Å². The van der Waals surface area contributed by atoms with Crippen molar-refractivity contribution in [1.29, 1.82) is 0 Å². The van der Waals surface area contributed by atoms with E-state index in [1.54, 1.807) is 0 Å². The Morgan fingerprint density at radius 2 is 2.14 bits per heavy atom. The molecule has 0 unspecified atom stereocenters. The van der Waals surface area contributed by atoms with Crippen LogP contribution in [0.1, 0.15) is 25.6 Å². The number of fused-ring (bicyclic) bond motifs is 3. The molecule has 2 heterocycles. The minimum absolute atomic E-state index is 0. The molecule has 1 aromatic heterocycles. The van der Waals surface area contributed by atoms with Gasteiger partial charge in [0, 0.05) is 11.3 Å². The van der Waals surface area contributed by atoms with Crippen LogP contribution in [0.5, 0.6) is 5.75 Å². The van der Waals surface area contributed by atoms with Gasteiger partial charge in [-0.1, -0.05) is 11.8 Å². The van der Waals surface area contributed by atoms with Crippen molar-refractivity contribution in [1.82, 2.24) is 0 Å². The van der Waals surface area contributed by atoms with Crippen LogP contribution in [0.15, 0.2) is 22.4 Å². The molecule has 0 spiro atoms. The van der Waals surface area contributed by atoms with E-state index in [1.165, 1.54) is 25.9 Å². The first-order valence-corrected chi connectivity index (χ1v) is 10.00. The van der Waals surface area contributed by atoms with Crippen molar-refractivity contribution in [2.45, 2.75) is 30.5 Å². The van der Waals surface area contributed by atoms with Gasteiger partial charge in [-0.15, -0.1) is 0 Å². The Labute approximate surface area is 143 Å². The van der Waals surface area contributed by atoms with E-state index in [2.05, 4.69) is 37.6 Å².